The van der Waals surface area contributed by atoms with Crippen molar-refractivity contribution in [2.24, 2.45) is 0 Å². The molecule has 0 aliphatic rings. The van der Waals surface area contributed by atoms with Crippen LogP contribution >= 0.6 is 0 Å². The Kier molecular flexibility index (Phi) is 4.49. The molecular weight excluding hydrogens is 361 g/mol. The molecule has 0 saturated carbocycles. The van der Waals surface area contributed by atoms with Crippen molar-refractivity contribution < 1.29 is 32.7 Å². The number of nitrogen functional groups attached to an aromatic ring is 1. The third-order valence-electron chi connectivity index (χ3n) is 3.40. The van der Waals surface area contributed by atoms with Gasteiger partial charge in [0.05, 0.1) is 35.0 Å². The fourth-order valence-corrected chi connectivity index (χ4v) is 2.24. The van der Waals surface area contributed by atoms with Gasteiger partial charge in [0.2, 0.25) is 0 Å². The minimum Gasteiger partial charge on any atom is -0.505 e. The van der Waals surface area contributed by atoms with E-state index in [0.717, 1.165) is 13.3 Å². The molecule has 0 aliphatic heterocycles. The van der Waals surface area contributed by atoms with E-state index in [4.69, 9.17) is 11.0 Å². The van der Waals surface area contributed by atoms with E-state index < -0.39 is 45.5 Å². The number of phenolic OH excluding ortho intramolecular Hbond substituents is 1. The molecule has 0 amide bonds. The van der Waals surface area contributed by atoms with Gasteiger partial charge in [-0.25, -0.2) is 4.79 Å². The molecule has 0 atom stereocenters. The van der Waals surface area contributed by atoms with Crippen LogP contribution in [0.15, 0.2) is 18.3 Å². The molecule has 0 radical (unpaired) electrons. The number of anilines is 1. The lowest BCUT2D eigenvalue weighted by Gasteiger charge is -2.14. The van der Waals surface area contributed by atoms with Crippen molar-refractivity contribution in [1.29, 1.82) is 5.26 Å². The number of phenols is 1. The first-order valence-corrected chi connectivity index (χ1v) is 6.61. The van der Waals surface area contributed by atoms with E-state index in [1.165, 1.54) is 0 Å². The third kappa shape index (κ3) is 2.97. The van der Waals surface area contributed by atoms with Gasteiger partial charge in [0, 0.05) is 6.20 Å². The molecule has 0 aliphatic carbocycles. The molecule has 2 rings (SSSR count). The van der Waals surface area contributed by atoms with Crippen molar-refractivity contribution in [1.82, 2.24) is 4.57 Å². The smallest absolute Gasteiger partial charge is 0.423 e. The van der Waals surface area contributed by atoms with Crippen molar-refractivity contribution in [2.45, 2.75) is 6.18 Å². The number of alkyl halides is 3. The minimum atomic E-state index is -5.12. The number of aromatic nitrogens is 1. The zero-order chi connectivity index (χ0) is 19.8. The molecular formula is C14H9F3N4O5. The van der Waals surface area contributed by atoms with E-state index in [9.17, 15) is 33.2 Å². The standard InChI is InChI=1S/C14H9F3N4O5/c1-26-13(23)12-11(19)6(4-18)5-20(12)9-2-7(14(15,16)17)8(21(24)25)3-10(9)22/h2-3,5,22H,19H2,1H3. The maximum absolute atomic E-state index is 13.1. The van der Waals surface area contributed by atoms with Crippen LogP contribution in [-0.2, 0) is 10.9 Å². The summed E-state index contributed by atoms with van der Waals surface area (Å²) in [5.41, 5.74) is 0.787. The number of benzene rings is 1. The number of nitro groups is 1. The van der Waals surface area contributed by atoms with Crippen LogP contribution in [0.3, 0.4) is 0 Å². The molecule has 136 valence electrons. The molecule has 9 nitrogen and oxygen atoms in total. The molecule has 1 aromatic heterocycles. The monoisotopic (exact) mass is 370 g/mol. The number of carbonyl (C=O) groups is 1. The second-order valence-corrected chi connectivity index (χ2v) is 4.89. The number of carbonyl (C=O) groups excluding carboxylic acids is 1. The van der Waals surface area contributed by atoms with Crippen molar-refractivity contribution >= 4 is 17.3 Å². The molecule has 1 aromatic carbocycles. The zero-order valence-electron chi connectivity index (χ0n) is 12.9. The highest BCUT2D eigenvalue weighted by Gasteiger charge is 2.40. The number of esters is 1. The van der Waals surface area contributed by atoms with E-state index in [1.54, 1.807) is 6.07 Å². The number of nitrogens with two attached hydrogens (primary N) is 1. The molecule has 1 heterocycles. The molecule has 0 fully saturated rings. The van der Waals surface area contributed by atoms with Gasteiger partial charge in [0.25, 0.3) is 5.69 Å². The van der Waals surface area contributed by atoms with Crippen LogP contribution in [0, 0.1) is 21.4 Å². The topological polar surface area (TPSA) is 144 Å². The Morgan fingerprint density at radius 3 is 2.54 bits per heavy atom. The second kappa shape index (κ2) is 6.28. The lowest BCUT2D eigenvalue weighted by atomic mass is 10.1. The first-order valence-electron chi connectivity index (χ1n) is 6.61. The van der Waals surface area contributed by atoms with Crippen LogP contribution in [-0.4, -0.2) is 27.7 Å². The van der Waals surface area contributed by atoms with E-state index >= 15 is 0 Å². The Hall–Kier alpha value is -3.75. The van der Waals surface area contributed by atoms with Crippen LogP contribution < -0.4 is 5.73 Å². The van der Waals surface area contributed by atoms with E-state index in [0.29, 0.717) is 10.6 Å². The van der Waals surface area contributed by atoms with Crippen molar-refractivity contribution in [3.63, 3.8) is 0 Å². The lowest BCUT2D eigenvalue weighted by molar-refractivity contribution is -0.388. The summed E-state index contributed by atoms with van der Waals surface area (Å²) in [6, 6.07) is 2.20. The number of rotatable bonds is 3. The maximum atomic E-state index is 13.1. The number of ether oxygens (including phenoxy) is 1. The van der Waals surface area contributed by atoms with Gasteiger partial charge >= 0.3 is 12.1 Å². The molecule has 0 bridgehead atoms. The molecule has 0 saturated heterocycles. The fourth-order valence-electron chi connectivity index (χ4n) is 2.24. The van der Waals surface area contributed by atoms with Gasteiger partial charge in [-0.3, -0.25) is 10.1 Å². The highest BCUT2D eigenvalue weighted by Crippen LogP contribution is 2.41. The predicted molar refractivity (Wildman–Crippen MR) is 79.6 cm³/mol. The lowest BCUT2D eigenvalue weighted by Crippen LogP contribution is -2.13. The molecule has 26 heavy (non-hydrogen) atoms. The Morgan fingerprint density at radius 1 is 1.46 bits per heavy atom. The second-order valence-electron chi connectivity index (χ2n) is 4.89. The molecule has 3 N–H and O–H groups in total. The quantitative estimate of drug-likeness (QED) is 0.479. The largest absolute Gasteiger partial charge is 0.505 e. The van der Waals surface area contributed by atoms with Gasteiger partial charge in [-0.2, -0.15) is 18.4 Å². The van der Waals surface area contributed by atoms with Crippen LogP contribution in [0.5, 0.6) is 5.75 Å². The number of nitro benzene ring substituents is 1. The average molecular weight is 370 g/mol. The SMILES string of the molecule is COC(=O)c1c(N)c(C#N)cn1-c1cc(C(F)(F)F)c([N+](=O)[O-])cc1O. The van der Waals surface area contributed by atoms with Crippen LogP contribution in [0.25, 0.3) is 5.69 Å². The molecule has 0 spiro atoms. The van der Waals surface area contributed by atoms with Gasteiger partial charge in [0.1, 0.15) is 17.4 Å². The number of halogens is 3. The Morgan fingerprint density at radius 2 is 2.08 bits per heavy atom. The first kappa shape index (κ1) is 18.6. The third-order valence-corrected chi connectivity index (χ3v) is 3.40. The van der Waals surface area contributed by atoms with Crippen molar-refractivity contribution in [2.75, 3.05) is 12.8 Å². The summed E-state index contributed by atoms with van der Waals surface area (Å²) >= 11 is 0. The number of nitrogens with zero attached hydrogens (tertiary/aromatic N) is 3. The summed E-state index contributed by atoms with van der Waals surface area (Å²) in [7, 11) is 0.974. The van der Waals surface area contributed by atoms with E-state index in [-0.39, 0.29) is 17.3 Å². The highest BCUT2D eigenvalue weighted by atomic mass is 19.4. The van der Waals surface area contributed by atoms with Gasteiger partial charge < -0.3 is 20.1 Å². The van der Waals surface area contributed by atoms with Crippen molar-refractivity contribution in [3.8, 4) is 17.5 Å². The Labute approximate surface area is 142 Å². The minimum absolute atomic E-state index is 0.267. The summed E-state index contributed by atoms with van der Waals surface area (Å²) in [5, 5.41) is 29.8. The maximum Gasteiger partial charge on any atom is 0.423 e. The van der Waals surface area contributed by atoms with Gasteiger partial charge in [-0.05, 0) is 6.07 Å². The Bertz CT molecular complexity index is 959. The number of methoxy groups -OCH3 is 1. The van der Waals surface area contributed by atoms with Crippen LogP contribution in [0.2, 0.25) is 0 Å². The zero-order valence-corrected chi connectivity index (χ0v) is 12.9. The van der Waals surface area contributed by atoms with Crippen LogP contribution in [0.4, 0.5) is 24.5 Å². The predicted octanol–water partition coefficient (Wildman–Crippen LogP) is 2.35. The normalized spacial score (nSPS) is 11.0. The number of hydrogen-bond donors (Lipinski definition) is 2. The van der Waals surface area contributed by atoms with E-state index in [1.807, 2.05) is 0 Å². The number of nitriles is 1. The summed E-state index contributed by atoms with van der Waals surface area (Å²) in [4.78, 5) is 21.4. The summed E-state index contributed by atoms with van der Waals surface area (Å²) in [5.74, 6) is -2.02. The number of aromatic hydroxyl groups is 1. The number of hydrogen-bond acceptors (Lipinski definition) is 7. The summed E-state index contributed by atoms with van der Waals surface area (Å²) in [6.45, 7) is 0. The van der Waals surface area contributed by atoms with Crippen molar-refractivity contribution in [3.05, 3.63) is 45.3 Å². The van der Waals surface area contributed by atoms with Gasteiger partial charge in [-0.1, -0.05) is 0 Å². The fraction of sp³-hybridized carbons (Fsp3) is 0.143. The average Bonchev–Trinajstić information content (AvgIpc) is 2.89. The molecule has 2 aromatic rings. The molecule has 12 heteroatoms. The first-order chi connectivity index (χ1) is 12.0. The van der Waals surface area contributed by atoms with Crippen LogP contribution in [0.1, 0.15) is 21.6 Å². The van der Waals surface area contributed by atoms with Gasteiger partial charge in [0.15, 0.2) is 5.69 Å². The summed E-state index contributed by atoms with van der Waals surface area (Å²) in [6.07, 6.45) is -4.21. The highest BCUT2D eigenvalue weighted by molar-refractivity contribution is 5.96. The van der Waals surface area contributed by atoms with E-state index in [2.05, 4.69) is 4.74 Å². The van der Waals surface area contributed by atoms with Gasteiger partial charge in [-0.15, -0.1) is 0 Å². The Balaban J connectivity index is 2.88. The molecule has 0 unspecified atom stereocenters. The summed E-state index contributed by atoms with van der Waals surface area (Å²) < 4.78 is 44.6.